The molecule has 1 saturated heterocycles. The molecule has 0 bridgehead atoms. The highest BCUT2D eigenvalue weighted by Gasteiger charge is 2.47. The van der Waals surface area contributed by atoms with Crippen molar-refractivity contribution in [1.82, 2.24) is 34.9 Å². The number of aliphatic hydroxyl groups is 1. The van der Waals surface area contributed by atoms with E-state index in [9.17, 15) is 19.1 Å². The standard InChI is InChI=1S/C28H32F2N9O4.HI/c1-19(37-11-12-38(26(37)41)21-6-8-22(9-7-21)39-15-31-33-34-39)28(42,23-10-5-20(29)13-24(23)30)14-36-17-35(16-32-36)18-43-25(40)27(2,3)4;/h5-10,13,15-17,19,42H,11-12,14,18H2,1-4H3;1H/q+1;/p-1/t19-,28-;/m1./s1. The second-order valence-corrected chi connectivity index (χ2v) is 11.4. The Kier molecular flexibility index (Phi) is 9.62. The number of rotatable bonds is 9. The first-order chi connectivity index (χ1) is 20.4. The Balaban J connectivity index is 0.00000442. The van der Waals surface area contributed by atoms with Gasteiger partial charge >= 0.3 is 12.0 Å². The number of urea groups is 1. The molecule has 2 atom stereocenters. The van der Waals surface area contributed by atoms with Crippen molar-refractivity contribution in [3.05, 3.63) is 78.6 Å². The molecule has 1 N–H and O–H groups in total. The summed E-state index contributed by atoms with van der Waals surface area (Å²) in [6, 6.07) is 8.58. The van der Waals surface area contributed by atoms with E-state index in [0.29, 0.717) is 24.0 Å². The number of tetrazole rings is 1. The minimum absolute atomic E-state index is 0. The second-order valence-electron chi connectivity index (χ2n) is 11.4. The number of hydrogen-bond donors (Lipinski definition) is 1. The summed E-state index contributed by atoms with van der Waals surface area (Å²) in [6.07, 6.45) is 4.33. The fourth-order valence-electron chi connectivity index (χ4n) is 4.87. The van der Waals surface area contributed by atoms with Crippen LogP contribution in [0.4, 0.5) is 19.3 Å². The topological polar surface area (TPSA) is 135 Å². The SMILES string of the molecule is C[C@@H](N1CCN(c2ccc(-n3cnnn3)cc2)C1=O)[C@](O)(Cn1c[n+](COC(=O)C(C)(C)C)cn1)c1ccc(F)cc1F.[I-]. The quantitative estimate of drug-likeness (QED) is 0.135. The summed E-state index contributed by atoms with van der Waals surface area (Å²) in [7, 11) is 0. The van der Waals surface area contributed by atoms with Gasteiger partial charge in [0.1, 0.15) is 30.1 Å². The van der Waals surface area contributed by atoms with Gasteiger partial charge in [-0.2, -0.15) is 0 Å². The molecule has 16 heteroatoms. The van der Waals surface area contributed by atoms with Gasteiger partial charge in [-0.1, -0.05) is 6.07 Å². The number of amides is 2. The molecule has 1 aliphatic rings. The van der Waals surface area contributed by atoms with Gasteiger partial charge in [0.15, 0.2) is 0 Å². The summed E-state index contributed by atoms with van der Waals surface area (Å²) in [5.74, 6) is -2.18. The number of halogens is 3. The molecule has 2 amide bonds. The van der Waals surface area contributed by atoms with Crippen molar-refractivity contribution in [2.24, 2.45) is 5.41 Å². The zero-order valence-electron chi connectivity index (χ0n) is 24.5. The van der Waals surface area contributed by atoms with Gasteiger partial charge in [-0.25, -0.2) is 22.8 Å². The van der Waals surface area contributed by atoms with Crippen LogP contribution in [0.25, 0.3) is 5.69 Å². The maximum Gasteiger partial charge on any atom is 0.324 e. The number of anilines is 1. The lowest BCUT2D eigenvalue weighted by atomic mass is 9.85. The van der Waals surface area contributed by atoms with Crippen molar-refractivity contribution in [1.29, 1.82) is 0 Å². The van der Waals surface area contributed by atoms with Crippen LogP contribution in [-0.4, -0.2) is 71.1 Å². The fourth-order valence-corrected chi connectivity index (χ4v) is 4.87. The second kappa shape index (κ2) is 12.9. The van der Waals surface area contributed by atoms with E-state index in [4.69, 9.17) is 4.74 Å². The molecule has 0 spiro atoms. The molecule has 234 valence electrons. The summed E-state index contributed by atoms with van der Waals surface area (Å²) in [5.41, 5.74) is -1.60. The number of aromatic nitrogens is 7. The third-order valence-corrected chi connectivity index (χ3v) is 7.36. The number of hydrogen-bond acceptors (Lipinski definition) is 8. The average Bonchev–Trinajstić information content (AvgIpc) is 3.73. The van der Waals surface area contributed by atoms with Gasteiger partial charge in [-0.3, -0.25) is 9.69 Å². The minimum Gasteiger partial charge on any atom is -1.00 e. The van der Waals surface area contributed by atoms with Crippen LogP contribution in [0.1, 0.15) is 33.3 Å². The first-order valence-electron chi connectivity index (χ1n) is 13.5. The zero-order valence-corrected chi connectivity index (χ0v) is 26.7. The Hall–Kier alpha value is -4.06. The van der Waals surface area contributed by atoms with Crippen LogP contribution in [0.2, 0.25) is 0 Å². The van der Waals surface area contributed by atoms with Gasteiger partial charge in [-0.05, 0) is 68.5 Å². The Morgan fingerprint density at radius 1 is 1.11 bits per heavy atom. The van der Waals surface area contributed by atoms with Gasteiger partial charge in [-0.15, -0.1) is 9.78 Å². The normalized spacial score (nSPS) is 15.6. The summed E-state index contributed by atoms with van der Waals surface area (Å²) in [4.78, 5) is 28.8. The predicted molar refractivity (Wildman–Crippen MR) is 146 cm³/mol. The summed E-state index contributed by atoms with van der Waals surface area (Å²) >= 11 is 0. The van der Waals surface area contributed by atoms with E-state index in [1.165, 1.54) is 43.9 Å². The van der Waals surface area contributed by atoms with Crippen molar-refractivity contribution in [3.63, 3.8) is 0 Å². The molecule has 2 aromatic heterocycles. The lowest BCUT2D eigenvalue weighted by Crippen LogP contribution is -3.00. The van der Waals surface area contributed by atoms with Gasteiger partial charge in [0.05, 0.1) is 17.1 Å². The Morgan fingerprint density at radius 2 is 1.82 bits per heavy atom. The first-order valence-corrected chi connectivity index (χ1v) is 13.5. The van der Waals surface area contributed by atoms with Gasteiger partial charge in [0.25, 0.3) is 6.33 Å². The largest absolute Gasteiger partial charge is 1.00 e. The third-order valence-electron chi connectivity index (χ3n) is 7.36. The Labute approximate surface area is 269 Å². The molecule has 0 saturated carbocycles. The van der Waals surface area contributed by atoms with Crippen molar-refractivity contribution in [3.8, 4) is 5.69 Å². The van der Waals surface area contributed by atoms with Gasteiger partial charge in [0, 0.05) is 35.5 Å². The van der Waals surface area contributed by atoms with Crippen molar-refractivity contribution < 1.29 is 56.8 Å². The molecule has 13 nitrogen and oxygen atoms in total. The number of ether oxygens (including phenoxy) is 1. The van der Waals surface area contributed by atoms with Gasteiger partial charge < -0.3 is 38.7 Å². The number of carbonyl (C=O) groups is 2. The van der Waals surface area contributed by atoms with Crippen LogP contribution < -0.4 is 33.4 Å². The molecular formula is C28H32F2IN9O4. The lowest BCUT2D eigenvalue weighted by Gasteiger charge is -2.38. The molecule has 5 rings (SSSR count). The highest BCUT2D eigenvalue weighted by Crippen LogP contribution is 2.35. The van der Waals surface area contributed by atoms with E-state index < -0.39 is 40.7 Å². The van der Waals surface area contributed by atoms with Crippen molar-refractivity contribution in [2.45, 2.75) is 52.6 Å². The number of nitrogens with zero attached hydrogens (tertiary/aromatic N) is 9. The molecule has 4 aromatic rings. The maximum absolute atomic E-state index is 15.2. The van der Waals surface area contributed by atoms with E-state index in [0.717, 1.165) is 6.07 Å². The van der Waals surface area contributed by atoms with Crippen LogP contribution in [0.15, 0.2) is 61.4 Å². The molecular weight excluding hydrogens is 691 g/mol. The highest BCUT2D eigenvalue weighted by atomic mass is 127. The monoisotopic (exact) mass is 723 g/mol. The van der Waals surface area contributed by atoms with E-state index in [-0.39, 0.29) is 49.4 Å². The van der Waals surface area contributed by atoms with E-state index >= 15 is 4.39 Å². The molecule has 44 heavy (non-hydrogen) atoms. The molecule has 2 aromatic carbocycles. The fraction of sp³-hybridized carbons (Fsp3) is 0.393. The minimum atomic E-state index is -2.03. The van der Waals surface area contributed by atoms with E-state index in [1.807, 2.05) is 0 Å². The highest BCUT2D eigenvalue weighted by molar-refractivity contribution is 5.94. The molecule has 1 aliphatic heterocycles. The summed E-state index contributed by atoms with van der Waals surface area (Å²) in [6.45, 7) is 6.94. The van der Waals surface area contributed by atoms with Gasteiger partial charge in [0.2, 0.25) is 13.1 Å². The third kappa shape index (κ3) is 6.69. The van der Waals surface area contributed by atoms with Crippen LogP contribution in [0.5, 0.6) is 0 Å². The molecule has 3 heterocycles. The number of esters is 1. The summed E-state index contributed by atoms with van der Waals surface area (Å²) < 4.78 is 38.7. The molecule has 0 unspecified atom stereocenters. The van der Waals surface area contributed by atoms with Crippen LogP contribution in [0.3, 0.4) is 0 Å². The number of carbonyl (C=O) groups excluding carboxylic acids is 2. The van der Waals surface area contributed by atoms with Crippen molar-refractivity contribution >= 4 is 17.7 Å². The maximum atomic E-state index is 15.2. The Bertz CT molecular complexity index is 1610. The lowest BCUT2D eigenvalue weighted by molar-refractivity contribution is -0.728. The van der Waals surface area contributed by atoms with Crippen LogP contribution >= 0.6 is 0 Å². The molecule has 0 aliphatic carbocycles. The van der Waals surface area contributed by atoms with Crippen molar-refractivity contribution in [2.75, 3.05) is 18.0 Å². The molecule has 0 radical (unpaired) electrons. The zero-order chi connectivity index (χ0) is 30.9. The van der Waals surface area contributed by atoms with E-state index in [1.54, 1.807) is 56.9 Å². The Morgan fingerprint density at radius 3 is 2.45 bits per heavy atom. The average molecular weight is 724 g/mol. The number of benzene rings is 2. The van der Waals surface area contributed by atoms with Crippen LogP contribution in [0, 0.1) is 17.0 Å². The van der Waals surface area contributed by atoms with E-state index in [2.05, 4.69) is 20.6 Å². The smallest absolute Gasteiger partial charge is 0.324 e. The molecule has 1 fully saturated rings. The van der Waals surface area contributed by atoms with Crippen LogP contribution in [-0.2, 0) is 28.4 Å². The summed E-state index contributed by atoms with van der Waals surface area (Å²) in [5, 5.41) is 27.5. The predicted octanol–water partition coefficient (Wildman–Crippen LogP) is -0.806. The first kappa shape index (κ1) is 32.8.